The lowest BCUT2D eigenvalue weighted by Crippen LogP contribution is -2.00. The zero-order valence-corrected chi connectivity index (χ0v) is 20.4. The van der Waals surface area contributed by atoms with Gasteiger partial charge in [0.15, 0.2) is 17.5 Å². The third-order valence-corrected chi connectivity index (χ3v) is 6.22. The summed E-state index contributed by atoms with van der Waals surface area (Å²) in [5.74, 6) is 1.96. The number of hydrogen-bond acceptors (Lipinski definition) is 4. The van der Waals surface area contributed by atoms with E-state index in [9.17, 15) is 0 Å². The van der Waals surface area contributed by atoms with Crippen molar-refractivity contribution < 1.29 is 0 Å². The van der Waals surface area contributed by atoms with Gasteiger partial charge in [-0.25, -0.2) is 15.0 Å². The minimum absolute atomic E-state index is 0.648. The highest BCUT2D eigenvalue weighted by molar-refractivity contribution is 5.74. The second-order valence-corrected chi connectivity index (χ2v) is 8.86. The van der Waals surface area contributed by atoms with Crippen molar-refractivity contribution in [3.63, 3.8) is 0 Å². The van der Waals surface area contributed by atoms with E-state index in [2.05, 4.69) is 47.4 Å². The lowest BCUT2D eigenvalue weighted by molar-refractivity contribution is 1.07. The molecule has 176 valence electrons. The first-order valence-corrected chi connectivity index (χ1v) is 12.2. The van der Waals surface area contributed by atoms with Crippen LogP contribution in [0.5, 0.6) is 0 Å². The molecule has 0 fully saturated rings. The minimum Gasteiger partial charge on any atom is -0.253 e. The zero-order valence-electron chi connectivity index (χ0n) is 20.4. The maximum absolute atomic E-state index is 4.87. The molecule has 0 spiro atoms. The second-order valence-electron chi connectivity index (χ2n) is 8.86. The molecular formula is C33H24N4. The Morgan fingerprint density at radius 1 is 0.351 bits per heavy atom. The van der Waals surface area contributed by atoms with Crippen molar-refractivity contribution in [1.82, 2.24) is 19.9 Å². The Morgan fingerprint density at radius 3 is 1.43 bits per heavy atom. The summed E-state index contributed by atoms with van der Waals surface area (Å²) in [5.41, 5.74) is 8.17. The molecule has 4 aromatic carbocycles. The van der Waals surface area contributed by atoms with Crippen LogP contribution in [0.1, 0.15) is 5.69 Å². The summed E-state index contributed by atoms with van der Waals surface area (Å²) in [6.07, 6.45) is 0. The molecule has 0 N–H and O–H groups in total. The van der Waals surface area contributed by atoms with E-state index in [0.29, 0.717) is 17.5 Å². The summed E-state index contributed by atoms with van der Waals surface area (Å²) in [5, 5.41) is 0. The van der Waals surface area contributed by atoms with E-state index in [1.54, 1.807) is 0 Å². The maximum atomic E-state index is 4.87. The highest BCUT2D eigenvalue weighted by atomic mass is 15.0. The van der Waals surface area contributed by atoms with E-state index in [1.165, 1.54) is 0 Å². The first-order valence-electron chi connectivity index (χ1n) is 12.2. The van der Waals surface area contributed by atoms with Gasteiger partial charge in [-0.05, 0) is 36.2 Å². The standard InChI is InChI=1S/C33H24N4/c1-23-10-8-17-30(34-23)25-20-18-24(19-21-25)28-15-9-16-29(22-28)33-36-31(26-11-4-2-5-12-26)35-32(37-33)27-13-6-3-7-14-27/h2-22H,1H3. The zero-order chi connectivity index (χ0) is 25.0. The van der Waals surface area contributed by atoms with Gasteiger partial charge in [0, 0.05) is 27.9 Å². The van der Waals surface area contributed by atoms with Crippen molar-refractivity contribution in [2.24, 2.45) is 0 Å². The van der Waals surface area contributed by atoms with Crippen LogP contribution in [0.2, 0.25) is 0 Å². The van der Waals surface area contributed by atoms with Gasteiger partial charge in [-0.3, -0.25) is 4.98 Å². The third kappa shape index (κ3) is 4.91. The Balaban J connectivity index is 1.40. The number of hydrogen-bond donors (Lipinski definition) is 0. The summed E-state index contributed by atoms with van der Waals surface area (Å²) in [4.78, 5) is 19.2. The van der Waals surface area contributed by atoms with Crippen molar-refractivity contribution in [1.29, 1.82) is 0 Å². The Bertz CT molecular complexity index is 1600. The maximum Gasteiger partial charge on any atom is 0.164 e. The molecule has 2 aromatic heterocycles. The first kappa shape index (κ1) is 22.5. The predicted molar refractivity (Wildman–Crippen MR) is 150 cm³/mol. The highest BCUT2D eigenvalue weighted by Gasteiger charge is 2.13. The quantitative estimate of drug-likeness (QED) is 0.254. The molecule has 2 heterocycles. The van der Waals surface area contributed by atoms with E-state index < -0.39 is 0 Å². The van der Waals surface area contributed by atoms with Crippen LogP contribution < -0.4 is 0 Å². The largest absolute Gasteiger partial charge is 0.253 e. The van der Waals surface area contributed by atoms with Crippen LogP contribution >= 0.6 is 0 Å². The Hall–Kier alpha value is -4.96. The van der Waals surface area contributed by atoms with Crippen LogP contribution in [-0.2, 0) is 0 Å². The van der Waals surface area contributed by atoms with Gasteiger partial charge in [0.2, 0.25) is 0 Å². The number of aryl methyl sites for hydroxylation is 1. The number of nitrogens with zero attached hydrogens (tertiary/aromatic N) is 4. The van der Waals surface area contributed by atoms with Crippen molar-refractivity contribution in [3.8, 4) is 56.5 Å². The molecule has 0 saturated heterocycles. The van der Waals surface area contributed by atoms with Crippen LogP contribution in [-0.4, -0.2) is 19.9 Å². The van der Waals surface area contributed by atoms with E-state index >= 15 is 0 Å². The third-order valence-electron chi connectivity index (χ3n) is 6.22. The van der Waals surface area contributed by atoms with Gasteiger partial charge in [0.1, 0.15) is 0 Å². The number of aromatic nitrogens is 4. The highest BCUT2D eigenvalue weighted by Crippen LogP contribution is 2.29. The van der Waals surface area contributed by atoms with Crippen LogP contribution in [0.15, 0.2) is 127 Å². The normalized spacial score (nSPS) is 10.8. The molecule has 0 aliphatic carbocycles. The van der Waals surface area contributed by atoms with Crippen molar-refractivity contribution in [2.75, 3.05) is 0 Å². The average molecular weight is 477 g/mol. The fourth-order valence-electron chi connectivity index (χ4n) is 4.31. The van der Waals surface area contributed by atoms with Crippen molar-refractivity contribution in [2.45, 2.75) is 6.92 Å². The molecule has 0 aliphatic heterocycles. The van der Waals surface area contributed by atoms with Gasteiger partial charge >= 0.3 is 0 Å². The summed E-state index contributed by atoms with van der Waals surface area (Å²) in [7, 11) is 0. The van der Waals surface area contributed by atoms with Gasteiger partial charge in [0.05, 0.1) is 5.69 Å². The summed E-state index contributed by atoms with van der Waals surface area (Å²) in [6, 6.07) is 43.0. The van der Waals surface area contributed by atoms with Crippen molar-refractivity contribution in [3.05, 3.63) is 133 Å². The van der Waals surface area contributed by atoms with E-state index in [1.807, 2.05) is 91.9 Å². The average Bonchev–Trinajstić information content (AvgIpc) is 2.98. The van der Waals surface area contributed by atoms with Gasteiger partial charge in [-0.1, -0.05) is 109 Å². The molecule has 0 radical (unpaired) electrons. The summed E-state index contributed by atoms with van der Waals surface area (Å²) < 4.78 is 0. The SMILES string of the molecule is Cc1cccc(-c2ccc(-c3cccc(-c4nc(-c5ccccc5)nc(-c5ccccc5)n4)c3)cc2)n1. The predicted octanol–water partition coefficient (Wildman–Crippen LogP) is 7.91. The van der Waals surface area contributed by atoms with Crippen LogP contribution in [0.3, 0.4) is 0 Å². The molecular weight excluding hydrogens is 452 g/mol. The minimum atomic E-state index is 0.648. The smallest absolute Gasteiger partial charge is 0.164 e. The number of benzene rings is 4. The van der Waals surface area contributed by atoms with Gasteiger partial charge in [-0.15, -0.1) is 0 Å². The molecule has 37 heavy (non-hydrogen) atoms. The molecule has 0 atom stereocenters. The van der Waals surface area contributed by atoms with E-state index in [-0.39, 0.29) is 0 Å². The Kier molecular flexibility index (Phi) is 6.05. The Morgan fingerprint density at radius 2 is 0.838 bits per heavy atom. The molecule has 4 nitrogen and oxygen atoms in total. The van der Waals surface area contributed by atoms with Gasteiger partial charge in [-0.2, -0.15) is 0 Å². The monoisotopic (exact) mass is 476 g/mol. The van der Waals surface area contributed by atoms with E-state index in [4.69, 9.17) is 15.0 Å². The summed E-state index contributed by atoms with van der Waals surface area (Å²) >= 11 is 0. The molecule has 6 rings (SSSR count). The fourth-order valence-corrected chi connectivity index (χ4v) is 4.31. The van der Waals surface area contributed by atoms with Crippen LogP contribution in [0, 0.1) is 6.92 Å². The second kappa shape index (κ2) is 9.96. The molecule has 6 aromatic rings. The van der Waals surface area contributed by atoms with Gasteiger partial charge < -0.3 is 0 Å². The number of rotatable bonds is 5. The Labute approximate surface area is 216 Å². The molecule has 0 aliphatic rings. The topological polar surface area (TPSA) is 51.6 Å². The lowest BCUT2D eigenvalue weighted by atomic mass is 10.0. The molecule has 0 amide bonds. The molecule has 0 bridgehead atoms. The lowest BCUT2D eigenvalue weighted by Gasteiger charge is -2.10. The first-order chi connectivity index (χ1) is 18.2. The molecule has 0 unspecified atom stereocenters. The fraction of sp³-hybridized carbons (Fsp3) is 0.0303. The van der Waals surface area contributed by atoms with Crippen LogP contribution in [0.4, 0.5) is 0 Å². The molecule has 4 heteroatoms. The van der Waals surface area contributed by atoms with Crippen LogP contribution in [0.25, 0.3) is 56.5 Å². The molecule has 0 saturated carbocycles. The van der Waals surface area contributed by atoms with Gasteiger partial charge in [0.25, 0.3) is 0 Å². The van der Waals surface area contributed by atoms with Crippen molar-refractivity contribution >= 4 is 0 Å². The van der Waals surface area contributed by atoms with E-state index in [0.717, 1.165) is 44.8 Å². The number of pyridine rings is 1. The summed E-state index contributed by atoms with van der Waals surface area (Å²) in [6.45, 7) is 2.01.